The van der Waals surface area contributed by atoms with Crippen LogP contribution in [0.15, 0.2) is 0 Å². The van der Waals surface area contributed by atoms with Crippen LogP contribution in [0, 0.1) is 5.92 Å². The Bertz CT molecular complexity index is 598. The van der Waals surface area contributed by atoms with Gasteiger partial charge in [0.25, 0.3) is 0 Å². The first-order chi connectivity index (χ1) is 13.9. The zero-order valence-electron chi connectivity index (χ0n) is 18.2. The molecule has 0 aromatic carbocycles. The van der Waals surface area contributed by atoms with Crippen molar-refractivity contribution in [2.24, 2.45) is 5.92 Å². The molecule has 1 aliphatic rings. The van der Waals surface area contributed by atoms with E-state index in [1.165, 1.54) is 0 Å². The summed E-state index contributed by atoms with van der Waals surface area (Å²) in [5.41, 5.74) is -0.735. The lowest BCUT2D eigenvalue weighted by Crippen LogP contribution is -2.59. The van der Waals surface area contributed by atoms with Crippen LogP contribution in [0.3, 0.4) is 0 Å². The van der Waals surface area contributed by atoms with E-state index in [9.17, 15) is 34.5 Å². The number of ketones is 1. The number of nitrogens with zero attached hydrogens (tertiary/aromatic N) is 3. The molecule has 1 rings (SSSR count). The van der Waals surface area contributed by atoms with Crippen LogP contribution in [0.2, 0.25) is 0 Å². The molecular weight excluding hydrogens is 394 g/mol. The number of carboxylic acids is 3. The van der Waals surface area contributed by atoms with E-state index in [1.807, 2.05) is 13.8 Å². The van der Waals surface area contributed by atoms with Crippen molar-refractivity contribution in [2.75, 3.05) is 52.9 Å². The Labute approximate surface area is 177 Å². The summed E-state index contributed by atoms with van der Waals surface area (Å²) in [4.78, 5) is 51.1. The average Bonchev–Trinajstić information content (AvgIpc) is 2.77. The van der Waals surface area contributed by atoms with Gasteiger partial charge in [-0.05, 0) is 19.9 Å². The van der Waals surface area contributed by atoms with Crippen molar-refractivity contribution in [3.05, 3.63) is 0 Å². The van der Waals surface area contributed by atoms with Crippen LogP contribution in [-0.4, -0.2) is 112 Å². The lowest BCUT2D eigenvalue weighted by atomic mass is 9.88. The highest BCUT2D eigenvalue weighted by atomic mass is 16.4. The molecule has 0 aliphatic carbocycles. The van der Waals surface area contributed by atoms with Gasteiger partial charge in [0.1, 0.15) is 5.78 Å². The monoisotopic (exact) mass is 429 g/mol. The molecule has 10 heteroatoms. The van der Waals surface area contributed by atoms with Crippen molar-refractivity contribution in [1.82, 2.24) is 14.7 Å². The van der Waals surface area contributed by atoms with E-state index in [0.29, 0.717) is 51.9 Å². The summed E-state index contributed by atoms with van der Waals surface area (Å²) in [6, 6.07) is 0. The number of rotatable bonds is 13. The highest BCUT2D eigenvalue weighted by Crippen LogP contribution is 2.27. The second kappa shape index (κ2) is 12.0. The Morgan fingerprint density at radius 1 is 0.900 bits per heavy atom. The number of carbonyl (C=O) groups excluding carboxylic acids is 1. The molecule has 172 valence electrons. The van der Waals surface area contributed by atoms with Crippen molar-refractivity contribution >= 4 is 23.7 Å². The maximum atomic E-state index is 11.9. The Hall–Kier alpha value is -2.04. The van der Waals surface area contributed by atoms with Crippen molar-refractivity contribution < 1.29 is 34.5 Å². The van der Waals surface area contributed by atoms with Gasteiger partial charge in [0.05, 0.1) is 19.6 Å². The first-order valence-corrected chi connectivity index (χ1v) is 10.3. The number of likely N-dealkylation sites (N-methyl/N-ethyl adjacent to an activating group) is 1. The van der Waals surface area contributed by atoms with Gasteiger partial charge >= 0.3 is 17.9 Å². The average molecular weight is 430 g/mol. The van der Waals surface area contributed by atoms with Crippen molar-refractivity contribution in [3.8, 4) is 0 Å². The summed E-state index contributed by atoms with van der Waals surface area (Å²) in [6.07, 6.45) is 2.28. The molecule has 0 atom stereocenters. The smallest absolute Gasteiger partial charge is 0.317 e. The summed E-state index contributed by atoms with van der Waals surface area (Å²) >= 11 is 0. The maximum absolute atomic E-state index is 11.9. The van der Waals surface area contributed by atoms with Gasteiger partial charge in [0.2, 0.25) is 0 Å². The van der Waals surface area contributed by atoms with E-state index >= 15 is 0 Å². The summed E-state index contributed by atoms with van der Waals surface area (Å²) < 4.78 is 0. The summed E-state index contributed by atoms with van der Waals surface area (Å²) in [5, 5.41) is 27.8. The van der Waals surface area contributed by atoms with E-state index in [-0.39, 0.29) is 31.3 Å². The molecule has 10 nitrogen and oxygen atoms in total. The third kappa shape index (κ3) is 8.76. The van der Waals surface area contributed by atoms with Crippen LogP contribution in [0.4, 0.5) is 0 Å². The van der Waals surface area contributed by atoms with E-state index in [0.717, 1.165) is 0 Å². The molecule has 0 amide bonds. The van der Waals surface area contributed by atoms with E-state index in [2.05, 4.69) is 0 Å². The molecule has 0 saturated carbocycles. The second-order valence-electron chi connectivity index (χ2n) is 8.51. The van der Waals surface area contributed by atoms with Gasteiger partial charge in [-0.1, -0.05) is 20.3 Å². The van der Waals surface area contributed by atoms with Gasteiger partial charge in [-0.25, -0.2) is 0 Å². The van der Waals surface area contributed by atoms with Crippen LogP contribution in [-0.2, 0) is 19.2 Å². The molecule has 0 spiro atoms. The van der Waals surface area contributed by atoms with Gasteiger partial charge in [-0.2, -0.15) is 0 Å². The number of unbranched alkanes of at least 4 members (excludes halogenated alkanes) is 1. The minimum atomic E-state index is -1.01. The standard InChI is InChI=1S/C20H35N3O7/c1-15(2)16(24)6-4-5-7-20(21(3)10-17(25)26)13-22(11-18(27)28)8-9-23(14-20)12-19(29)30/h15H,4-14H2,1-3H3,(H,25,26)(H,27,28)(H,29,30). The fourth-order valence-electron chi connectivity index (χ4n) is 3.98. The van der Waals surface area contributed by atoms with Crippen LogP contribution in [0.5, 0.6) is 0 Å². The van der Waals surface area contributed by atoms with Crippen LogP contribution < -0.4 is 0 Å². The molecule has 0 unspecified atom stereocenters. The summed E-state index contributed by atoms with van der Waals surface area (Å²) in [6.45, 7) is 4.46. The Morgan fingerprint density at radius 2 is 1.40 bits per heavy atom. The number of Topliss-reactive ketones (excluding diaryl/α,β-unsaturated/α-hetero) is 1. The van der Waals surface area contributed by atoms with Crippen LogP contribution in [0.25, 0.3) is 0 Å². The largest absolute Gasteiger partial charge is 0.480 e. The second-order valence-corrected chi connectivity index (χ2v) is 8.51. The SMILES string of the molecule is CC(C)C(=O)CCCCC1(N(C)CC(=O)O)CN(CC(=O)O)CCN(CC(=O)O)C1. The number of carbonyl (C=O) groups is 4. The predicted octanol–water partition coefficient (Wildman–Crippen LogP) is 0.314. The highest BCUT2D eigenvalue weighted by molar-refractivity contribution is 5.80. The Balaban J connectivity index is 3.08. The molecule has 1 heterocycles. The van der Waals surface area contributed by atoms with Crippen LogP contribution in [0.1, 0.15) is 39.5 Å². The molecule has 3 N–H and O–H groups in total. The van der Waals surface area contributed by atoms with E-state index in [1.54, 1.807) is 21.7 Å². The summed E-state index contributed by atoms with van der Waals surface area (Å²) in [5.74, 6) is -2.85. The first kappa shape index (κ1) is 26.0. The van der Waals surface area contributed by atoms with Gasteiger partial charge in [0.15, 0.2) is 0 Å². The molecule has 1 fully saturated rings. The molecule has 0 aromatic rings. The number of hydrogen-bond acceptors (Lipinski definition) is 7. The van der Waals surface area contributed by atoms with Gasteiger partial charge in [0, 0.05) is 44.1 Å². The molecule has 0 radical (unpaired) electrons. The third-order valence-corrected chi connectivity index (χ3v) is 5.63. The maximum Gasteiger partial charge on any atom is 0.317 e. The zero-order chi connectivity index (χ0) is 22.9. The quantitative estimate of drug-likeness (QED) is 0.351. The van der Waals surface area contributed by atoms with Gasteiger partial charge in [-0.15, -0.1) is 0 Å². The fourth-order valence-corrected chi connectivity index (χ4v) is 3.98. The predicted molar refractivity (Wildman–Crippen MR) is 109 cm³/mol. The number of aliphatic carboxylic acids is 3. The normalized spacial score (nSPS) is 17.8. The molecular formula is C20H35N3O7. The third-order valence-electron chi connectivity index (χ3n) is 5.63. The van der Waals surface area contributed by atoms with E-state index in [4.69, 9.17) is 0 Å². The molecule has 30 heavy (non-hydrogen) atoms. The Kier molecular flexibility index (Phi) is 10.4. The van der Waals surface area contributed by atoms with Crippen molar-refractivity contribution in [1.29, 1.82) is 0 Å². The fraction of sp³-hybridized carbons (Fsp3) is 0.800. The van der Waals surface area contributed by atoms with Crippen molar-refractivity contribution in [2.45, 2.75) is 45.1 Å². The number of carboxylic acid groups (broad SMARTS) is 3. The van der Waals surface area contributed by atoms with Crippen molar-refractivity contribution in [3.63, 3.8) is 0 Å². The molecule has 1 saturated heterocycles. The minimum absolute atomic E-state index is 0.0383. The molecule has 1 aliphatic heterocycles. The first-order valence-electron chi connectivity index (χ1n) is 10.3. The topological polar surface area (TPSA) is 139 Å². The van der Waals surface area contributed by atoms with Gasteiger partial charge < -0.3 is 15.3 Å². The number of hydrogen-bond donors (Lipinski definition) is 3. The lowest BCUT2D eigenvalue weighted by molar-refractivity contribution is -0.142. The Morgan fingerprint density at radius 3 is 1.80 bits per heavy atom. The minimum Gasteiger partial charge on any atom is -0.480 e. The van der Waals surface area contributed by atoms with E-state index < -0.39 is 23.4 Å². The molecule has 0 aromatic heterocycles. The lowest BCUT2D eigenvalue weighted by Gasteiger charge is -2.44. The highest BCUT2D eigenvalue weighted by Gasteiger charge is 2.41. The molecule has 0 bridgehead atoms. The summed E-state index contributed by atoms with van der Waals surface area (Å²) in [7, 11) is 1.68. The van der Waals surface area contributed by atoms with Gasteiger partial charge in [-0.3, -0.25) is 33.9 Å². The zero-order valence-corrected chi connectivity index (χ0v) is 18.2. The van der Waals surface area contributed by atoms with Crippen LogP contribution >= 0.6 is 0 Å².